The maximum Gasteiger partial charge on any atom is 0.243 e. The van der Waals surface area contributed by atoms with E-state index in [4.69, 9.17) is 5.73 Å². The van der Waals surface area contributed by atoms with E-state index in [9.17, 15) is 13.2 Å². The van der Waals surface area contributed by atoms with Crippen molar-refractivity contribution in [3.8, 4) is 0 Å². The first-order valence-corrected chi connectivity index (χ1v) is 9.95. The van der Waals surface area contributed by atoms with Crippen LogP contribution in [0.4, 0.5) is 0 Å². The van der Waals surface area contributed by atoms with E-state index >= 15 is 0 Å². The van der Waals surface area contributed by atoms with E-state index in [0.717, 1.165) is 24.8 Å². The molecule has 0 spiro atoms. The fraction of sp³-hybridized carbons (Fsp3) is 0.588. The van der Waals surface area contributed by atoms with Crippen LogP contribution in [0.1, 0.15) is 44.6 Å². The molecule has 1 aromatic carbocycles. The number of hydrogen-bond acceptors (Lipinski definition) is 4. The third-order valence-electron chi connectivity index (χ3n) is 4.19. The van der Waals surface area contributed by atoms with Gasteiger partial charge in [-0.15, -0.1) is 0 Å². The van der Waals surface area contributed by atoms with Gasteiger partial charge in [0.25, 0.3) is 0 Å². The molecule has 1 amide bonds. The van der Waals surface area contributed by atoms with Gasteiger partial charge in [-0.25, -0.2) is 8.42 Å². The molecule has 1 aliphatic rings. The van der Waals surface area contributed by atoms with E-state index in [1.54, 1.807) is 28.6 Å². The minimum atomic E-state index is -3.40. The molecule has 1 fully saturated rings. The van der Waals surface area contributed by atoms with Crippen LogP contribution in [-0.4, -0.2) is 37.8 Å². The molecule has 1 heterocycles. The highest BCUT2D eigenvalue weighted by Gasteiger charge is 2.25. The second kappa shape index (κ2) is 8.60. The molecule has 1 atom stereocenters. The topological polar surface area (TPSA) is 92.5 Å². The number of carbonyl (C=O) groups is 1. The van der Waals surface area contributed by atoms with Crippen molar-refractivity contribution in [2.24, 2.45) is 5.73 Å². The summed E-state index contributed by atoms with van der Waals surface area (Å²) in [6.45, 7) is 3.45. The lowest BCUT2D eigenvalue weighted by Gasteiger charge is -2.25. The summed E-state index contributed by atoms with van der Waals surface area (Å²) >= 11 is 0. The molecule has 1 saturated heterocycles. The molecule has 0 bridgehead atoms. The molecule has 1 aliphatic heterocycles. The number of piperidine rings is 1. The summed E-state index contributed by atoms with van der Waals surface area (Å²) in [6, 6.07) is 6.75. The number of sulfonamides is 1. The molecule has 3 N–H and O–H groups in total. The largest absolute Gasteiger partial charge is 0.352 e. The average molecular weight is 353 g/mol. The fourth-order valence-corrected chi connectivity index (χ4v) is 4.20. The van der Waals surface area contributed by atoms with Crippen LogP contribution in [0.3, 0.4) is 0 Å². The third kappa shape index (κ3) is 5.29. The normalized spacial score (nSPS) is 17.4. The second-order valence-corrected chi connectivity index (χ2v) is 8.34. The minimum Gasteiger partial charge on any atom is -0.352 e. The number of hydrogen-bond donors (Lipinski definition) is 2. The van der Waals surface area contributed by atoms with E-state index in [1.165, 1.54) is 0 Å². The molecular formula is C17H27N3O3S. The molecule has 7 heteroatoms. The smallest absolute Gasteiger partial charge is 0.243 e. The van der Waals surface area contributed by atoms with Gasteiger partial charge in [-0.3, -0.25) is 4.79 Å². The highest BCUT2D eigenvalue weighted by atomic mass is 32.2. The number of nitrogens with zero attached hydrogens (tertiary/aromatic N) is 1. The van der Waals surface area contributed by atoms with Crippen LogP contribution < -0.4 is 11.1 Å². The molecule has 6 nitrogen and oxygen atoms in total. The van der Waals surface area contributed by atoms with E-state index in [-0.39, 0.29) is 11.9 Å². The van der Waals surface area contributed by atoms with Crippen LogP contribution in [0.15, 0.2) is 29.2 Å². The predicted molar refractivity (Wildman–Crippen MR) is 93.8 cm³/mol. The van der Waals surface area contributed by atoms with Gasteiger partial charge in [-0.05, 0) is 43.9 Å². The number of carbonyl (C=O) groups excluding carboxylic acids is 1. The molecule has 2 rings (SSSR count). The predicted octanol–water partition coefficient (Wildman–Crippen LogP) is 1.60. The molecular weight excluding hydrogens is 326 g/mol. The van der Waals surface area contributed by atoms with Crippen molar-refractivity contribution in [3.63, 3.8) is 0 Å². The molecule has 0 aliphatic carbocycles. The summed E-state index contributed by atoms with van der Waals surface area (Å²) in [6.07, 6.45) is 3.99. The van der Waals surface area contributed by atoms with Gasteiger partial charge in [-0.1, -0.05) is 18.6 Å². The van der Waals surface area contributed by atoms with Gasteiger partial charge in [0.05, 0.1) is 4.90 Å². The number of benzene rings is 1. The summed E-state index contributed by atoms with van der Waals surface area (Å²) in [4.78, 5) is 12.0. The van der Waals surface area contributed by atoms with Gasteiger partial charge in [0, 0.05) is 32.1 Å². The lowest BCUT2D eigenvalue weighted by atomic mass is 10.2. The van der Waals surface area contributed by atoms with Gasteiger partial charge in [0.1, 0.15) is 0 Å². The van der Waals surface area contributed by atoms with Crippen molar-refractivity contribution in [2.45, 2.75) is 56.5 Å². The standard InChI is InChI=1S/C17H27N3O3S/c1-14(18)5-10-17(21)19-13-15-6-8-16(9-7-15)24(22,23)20-11-3-2-4-12-20/h6-9,14H,2-5,10-13,18H2,1H3,(H,19,21). The Morgan fingerprint density at radius 3 is 2.42 bits per heavy atom. The van der Waals surface area contributed by atoms with Crippen molar-refractivity contribution < 1.29 is 13.2 Å². The maximum absolute atomic E-state index is 12.6. The first-order chi connectivity index (χ1) is 11.4. The Bertz CT molecular complexity index is 636. The Labute approximate surface area is 144 Å². The SMILES string of the molecule is CC(N)CCC(=O)NCc1ccc(S(=O)(=O)N2CCCCC2)cc1. The zero-order valence-electron chi connectivity index (χ0n) is 14.2. The lowest BCUT2D eigenvalue weighted by Crippen LogP contribution is -2.35. The molecule has 0 aromatic heterocycles. The Morgan fingerprint density at radius 2 is 1.83 bits per heavy atom. The third-order valence-corrected chi connectivity index (χ3v) is 6.11. The molecule has 134 valence electrons. The van der Waals surface area contributed by atoms with Gasteiger partial charge in [0.2, 0.25) is 15.9 Å². The molecule has 0 saturated carbocycles. The van der Waals surface area contributed by atoms with E-state index < -0.39 is 10.0 Å². The van der Waals surface area contributed by atoms with E-state index in [1.807, 2.05) is 6.92 Å². The van der Waals surface area contributed by atoms with Crippen LogP contribution in [0.2, 0.25) is 0 Å². The summed E-state index contributed by atoms with van der Waals surface area (Å²) in [5.74, 6) is -0.0442. The van der Waals surface area contributed by atoms with Crippen LogP contribution in [-0.2, 0) is 21.4 Å². The Balaban J connectivity index is 1.91. The van der Waals surface area contributed by atoms with Crippen molar-refractivity contribution in [1.29, 1.82) is 0 Å². The molecule has 24 heavy (non-hydrogen) atoms. The molecule has 0 radical (unpaired) electrons. The average Bonchev–Trinajstić information content (AvgIpc) is 2.59. The number of rotatable bonds is 7. The van der Waals surface area contributed by atoms with Crippen LogP contribution in [0.25, 0.3) is 0 Å². The Kier molecular flexibility index (Phi) is 6.77. The highest BCUT2D eigenvalue weighted by molar-refractivity contribution is 7.89. The summed E-state index contributed by atoms with van der Waals surface area (Å²) in [5, 5.41) is 2.82. The van der Waals surface area contributed by atoms with Gasteiger partial charge >= 0.3 is 0 Å². The zero-order chi connectivity index (χ0) is 17.6. The van der Waals surface area contributed by atoms with E-state index in [0.29, 0.717) is 37.4 Å². The number of amides is 1. The fourth-order valence-electron chi connectivity index (χ4n) is 2.68. The summed E-state index contributed by atoms with van der Waals surface area (Å²) < 4.78 is 26.7. The van der Waals surface area contributed by atoms with Crippen LogP contribution >= 0.6 is 0 Å². The van der Waals surface area contributed by atoms with Crippen molar-refractivity contribution in [3.05, 3.63) is 29.8 Å². The van der Waals surface area contributed by atoms with Crippen LogP contribution in [0, 0.1) is 0 Å². The number of nitrogens with two attached hydrogens (primary N) is 1. The minimum absolute atomic E-state index is 0.00928. The molecule has 1 unspecified atom stereocenters. The molecule has 1 aromatic rings. The van der Waals surface area contributed by atoms with Gasteiger partial charge < -0.3 is 11.1 Å². The first-order valence-electron chi connectivity index (χ1n) is 8.51. The Morgan fingerprint density at radius 1 is 1.21 bits per heavy atom. The summed E-state index contributed by atoms with van der Waals surface area (Å²) in [5.41, 5.74) is 6.50. The van der Waals surface area contributed by atoms with Gasteiger partial charge in [-0.2, -0.15) is 4.31 Å². The monoisotopic (exact) mass is 353 g/mol. The van der Waals surface area contributed by atoms with Crippen LogP contribution in [0.5, 0.6) is 0 Å². The first kappa shape index (κ1) is 18.9. The second-order valence-electron chi connectivity index (χ2n) is 6.40. The summed E-state index contributed by atoms with van der Waals surface area (Å²) in [7, 11) is -3.40. The number of nitrogens with one attached hydrogen (secondary N) is 1. The highest BCUT2D eigenvalue weighted by Crippen LogP contribution is 2.20. The van der Waals surface area contributed by atoms with Gasteiger partial charge in [0.15, 0.2) is 0 Å². The van der Waals surface area contributed by atoms with Crippen molar-refractivity contribution in [1.82, 2.24) is 9.62 Å². The zero-order valence-corrected chi connectivity index (χ0v) is 15.0. The quantitative estimate of drug-likeness (QED) is 0.779. The lowest BCUT2D eigenvalue weighted by molar-refractivity contribution is -0.121. The van der Waals surface area contributed by atoms with E-state index in [2.05, 4.69) is 5.32 Å². The maximum atomic E-state index is 12.6. The van der Waals surface area contributed by atoms with Crippen molar-refractivity contribution in [2.75, 3.05) is 13.1 Å². The van der Waals surface area contributed by atoms with Crippen molar-refractivity contribution >= 4 is 15.9 Å². The Hall–Kier alpha value is -1.44.